The van der Waals surface area contributed by atoms with Crippen molar-refractivity contribution in [3.63, 3.8) is 0 Å². The van der Waals surface area contributed by atoms with Gasteiger partial charge in [-0.2, -0.15) is 0 Å². The van der Waals surface area contributed by atoms with Gasteiger partial charge in [-0.25, -0.2) is 0 Å². The van der Waals surface area contributed by atoms with Crippen molar-refractivity contribution >= 4 is 53.9 Å². The third-order valence-corrected chi connectivity index (χ3v) is 10.3. The number of hydrogen-bond acceptors (Lipinski definition) is 12. The van der Waals surface area contributed by atoms with Gasteiger partial charge >= 0.3 is 17.2 Å². The first kappa shape index (κ1) is 37.3. The van der Waals surface area contributed by atoms with Crippen molar-refractivity contribution in [1.82, 2.24) is 0 Å². The van der Waals surface area contributed by atoms with Gasteiger partial charge in [-0.1, -0.05) is 72.8 Å². The number of carbonyl (C=O) groups is 6. The van der Waals surface area contributed by atoms with E-state index >= 15 is 0 Å². The van der Waals surface area contributed by atoms with Crippen LogP contribution >= 0.6 is 17.2 Å². The fourth-order valence-electron chi connectivity index (χ4n) is 5.57. The van der Waals surface area contributed by atoms with E-state index in [0.29, 0.717) is 25.1 Å². The van der Waals surface area contributed by atoms with E-state index in [0.717, 1.165) is 0 Å². The zero-order chi connectivity index (χ0) is 39.0. The summed E-state index contributed by atoms with van der Waals surface area (Å²) < 4.78 is 36.8. The molecule has 1 aliphatic carbocycles. The largest absolute Gasteiger partial charge is 0.530 e. The first-order valence-electron chi connectivity index (χ1n) is 16.6. The summed E-state index contributed by atoms with van der Waals surface area (Å²) in [5.41, 5.74) is 0.474. The molecule has 0 fully saturated rings. The van der Waals surface area contributed by atoms with Gasteiger partial charge in [-0.05, 0) is 60.7 Å². The predicted octanol–water partition coefficient (Wildman–Crippen LogP) is 9.24. The number of ketones is 2. The van der Waals surface area contributed by atoms with Gasteiger partial charge in [0.05, 0.1) is 33.4 Å². The number of para-hydroxylation sites is 4. The Balaban J connectivity index is 1.27. The van der Waals surface area contributed by atoms with Gasteiger partial charge < -0.3 is 27.1 Å². The summed E-state index contributed by atoms with van der Waals surface area (Å²) in [4.78, 5) is 76.1. The number of fused-ring (bicyclic) bond motifs is 2. The quantitative estimate of drug-likeness (QED) is 0.0677. The first-order chi connectivity index (χ1) is 27.4. The lowest BCUT2D eigenvalue weighted by Crippen LogP contribution is -2.23. The second kappa shape index (κ2) is 17.0. The predicted molar refractivity (Wildman–Crippen MR) is 205 cm³/mol. The van der Waals surface area contributed by atoms with E-state index in [-0.39, 0.29) is 79.0 Å². The Hall–Kier alpha value is -7.00. The summed E-state index contributed by atoms with van der Waals surface area (Å²) >= 11 is 0. The summed E-state index contributed by atoms with van der Waals surface area (Å²) in [5, 5.41) is 0. The maximum Gasteiger partial charge on any atom is 0.530 e. The molecule has 0 radical (unpaired) electrons. The highest BCUT2D eigenvalue weighted by atomic mass is 31.2. The van der Waals surface area contributed by atoms with Crippen LogP contribution in [0.5, 0.6) is 34.5 Å². The zero-order valence-electron chi connectivity index (χ0n) is 28.8. The number of rotatable bonds is 16. The summed E-state index contributed by atoms with van der Waals surface area (Å²) in [6.07, 6.45) is 2.35. The fraction of sp³-hybridized carbons (Fsp3) is 0. The number of aldehydes is 4. The average molecular weight is 785 g/mol. The molecule has 6 aromatic carbocycles. The SMILES string of the molecule is O=Cc1ccccc1OP(Oc1ccccc1C=O)Oc1cccc2c1C(=O)c1c(OP(Oc3ccccc3C=O)Oc3ccccc3C=O)cccc1C2=O. The number of benzene rings is 6. The Morgan fingerprint density at radius 2 is 0.589 bits per heavy atom. The molecule has 6 aromatic rings. The van der Waals surface area contributed by atoms with Crippen LogP contribution in [0.4, 0.5) is 0 Å². The van der Waals surface area contributed by atoms with Crippen LogP contribution in [0.25, 0.3) is 0 Å². The van der Waals surface area contributed by atoms with E-state index in [9.17, 15) is 28.8 Å². The van der Waals surface area contributed by atoms with Crippen molar-refractivity contribution in [1.29, 1.82) is 0 Å². The van der Waals surface area contributed by atoms with Crippen LogP contribution in [0, 0.1) is 0 Å². The van der Waals surface area contributed by atoms with Crippen molar-refractivity contribution in [2.45, 2.75) is 0 Å². The highest BCUT2D eigenvalue weighted by molar-refractivity contribution is 7.43. The van der Waals surface area contributed by atoms with E-state index in [1.807, 2.05) is 0 Å². The van der Waals surface area contributed by atoms with Gasteiger partial charge in [-0.3, -0.25) is 28.8 Å². The van der Waals surface area contributed by atoms with Crippen molar-refractivity contribution in [3.05, 3.63) is 178 Å². The topological polar surface area (TPSA) is 158 Å². The normalized spacial score (nSPS) is 11.5. The molecule has 14 heteroatoms. The minimum atomic E-state index is -2.54. The van der Waals surface area contributed by atoms with E-state index in [1.54, 1.807) is 48.5 Å². The van der Waals surface area contributed by atoms with Crippen molar-refractivity contribution in [3.8, 4) is 34.5 Å². The van der Waals surface area contributed by atoms with Crippen molar-refractivity contribution in [2.75, 3.05) is 0 Å². The maximum absolute atomic E-state index is 14.6. The molecule has 0 saturated heterocycles. The lowest BCUT2D eigenvalue weighted by atomic mass is 9.83. The fourth-order valence-corrected chi connectivity index (χ4v) is 7.73. The molecule has 0 aliphatic heterocycles. The molecule has 56 heavy (non-hydrogen) atoms. The summed E-state index contributed by atoms with van der Waals surface area (Å²) in [6.45, 7) is 0. The lowest BCUT2D eigenvalue weighted by Gasteiger charge is -2.25. The van der Waals surface area contributed by atoms with E-state index in [2.05, 4.69) is 0 Å². The second-order valence-electron chi connectivity index (χ2n) is 11.6. The highest BCUT2D eigenvalue weighted by Crippen LogP contribution is 2.49. The Bertz CT molecular complexity index is 2230. The minimum absolute atomic E-state index is 0.0169. The van der Waals surface area contributed by atoms with E-state index in [4.69, 9.17) is 27.1 Å². The van der Waals surface area contributed by atoms with Crippen LogP contribution in [0.15, 0.2) is 133 Å². The van der Waals surface area contributed by atoms with Gasteiger partial charge in [0.15, 0.2) is 30.9 Å². The maximum atomic E-state index is 14.6. The Labute approximate surface area is 321 Å². The zero-order valence-corrected chi connectivity index (χ0v) is 30.6. The number of carbonyl (C=O) groups excluding carboxylic acids is 6. The minimum Gasteiger partial charge on any atom is -0.408 e. The van der Waals surface area contributed by atoms with Crippen LogP contribution in [-0.4, -0.2) is 36.7 Å². The third-order valence-electron chi connectivity index (χ3n) is 8.22. The van der Waals surface area contributed by atoms with Crippen LogP contribution in [0.2, 0.25) is 0 Å². The Morgan fingerprint density at radius 3 is 0.893 bits per heavy atom. The molecular formula is C42H26O12P2. The van der Waals surface area contributed by atoms with Gasteiger partial charge in [0.1, 0.15) is 34.5 Å². The summed E-state index contributed by atoms with van der Waals surface area (Å²) in [6, 6.07) is 34.2. The first-order valence-corrected chi connectivity index (χ1v) is 18.8. The van der Waals surface area contributed by atoms with Crippen LogP contribution < -0.4 is 27.1 Å². The molecule has 0 unspecified atom stereocenters. The van der Waals surface area contributed by atoms with Crippen LogP contribution in [0.1, 0.15) is 73.3 Å². The average Bonchev–Trinajstić information content (AvgIpc) is 3.23. The third kappa shape index (κ3) is 7.79. The van der Waals surface area contributed by atoms with Crippen LogP contribution in [-0.2, 0) is 0 Å². The van der Waals surface area contributed by atoms with Gasteiger partial charge in [0, 0.05) is 11.1 Å². The second-order valence-corrected chi connectivity index (χ2v) is 13.6. The molecule has 0 aromatic heterocycles. The number of hydrogen-bond donors (Lipinski definition) is 0. The molecule has 0 heterocycles. The Kier molecular flexibility index (Phi) is 11.3. The summed E-state index contributed by atoms with van der Waals surface area (Å²) in [7, 11) is -5.09. The van der Waals surface area contributed by atoms with Gasteiger partial charge in [0.2, 0.25) is 5.78 Å². The van der Waals surface area contributed by atoms with Crippen LogP contribution in [0.3, 0.4) is 0 Å². The highest BCUT2D eigenvalue weighted by Gasteiger charge is 2.38. The molecule has 276 valence electrons. The molecule has 7 rings (SSSR count). The molecule has 0 bridgehead atoms. The van der Waals surface area contributed by atoms with Gasteiger partial charge in [-0.15, -0.1) is 0 Å². The molecule has 0 amide bonds. The molecule has 0 N–H and O–H groups in total. The van der Waals surface area contributed by atoms with Crippen molar-refractivity contribution < 1.29 is 55.9 Å². The summed E-state index contributed by atoms with van der Waals surface area (Å²) in [5.74, 6) is -0.996. The monoisotopic (exact) mass is 784 g/mol. The molecule has 1 aliphatic rings. The van der Waals surface area contributed by atoms with Crippen molar-refractivity contribution in [2.24, 2.45) is 0 Å². The molecule has 0 spiro atoms. The molecule has 12 nitrogen and oxygen atoms in total. The standard InChI is InChI=1S/C42H26O12P2/c43-23-27-11-1-5-17-33(27)49-55(50-34-18-6-2-12-28(34)24-44)53-37-21-9-15-31-39(37)42(48)40-32(41(31)47)16-10-22-38(40)54-56(51-35-19-7-3-13-29(35)25-45)52-36-20-8-4-14-30(36)26-46/h1-26H. The van der Waals surface area contributed by atoms with E-state index < -0.39 is 28.8 Å². The van der Waals surface area contributed by atoms with E-state index in [1.165, 1.54) is 84.9 Å². The molecular weight excluding hydrogens is 758 g/mol. The Morgan fingerprint density at radius 1 is 0.321 bits per heavy atom. The molecule has 0 atom stereocenters. The lowest BCUT2D eigenvalue weighted by molar-refractivity contribution is 0.0975. The molecule has 0 saturated carbocycles. The smallest absolute Gasteiger partial charge is 0.408 e. The van der Waals surface area contributed by atoms with Gasteiger partial charge in [0.25, 0.3) is 0 Å².